The van der Waals surface area contributed by atoms with Crippen LogP contribution in [-0.2, 0) is 0 Å². The highest BCUT2D eigenvalue weighted by molar-refractivity contribution is 5.77. The fourth-order valence-electron chi connectivity index (χ4n) is 1.74. The number of hydrazine groups is 1. The Morgan fingerprint density at radius 3 is 2.64 bits per heavy atom. The maximum Gasteiger partial charge on any atom is 0.203 e. The minimum atomic E-state index is -0.673. The summed E-state index contributed by atoms with van der Waals surface area (Å²) in [4.78, 5) is 3.97. The van der Waals surface area contributed by atoms with Gasteiger partial charge in [0, 0.05) is 0 Å². The lowest BCUT2D eigenvalue weighted by Gasteiger charge is -2.33. The lowest BCUT2D eigenvalue weighted by Crippen LogP contribution is -2.41. The summed E-state index contributed by atoms with van der Waals surface area (Å²) in [6, 6.07) is 0. The van der Waals surface area contributed by atoms with Gasteiger partial charge in [-0.15, -0.1) is 0 Å². The molecule has 0 bridgehead atoms. The molecule has 0 aromatic rings. The van der Waals surface area contributed by atoms with Crippen molar-refractivity contribution in [1.29, 1.82) is 0 Å². The second kappa shape index (κ2) is 4.61. The zero-order chi connectivity index (χ0) is 10.6. The molecule has 0 saturated heterocycles. The van der Waals surface area contributed by atoms with Crippen molar-refractivity contribution >= 4 is 5.96 Å². The molecule has 1 rings (SSSR count). The summed E-state index contributed by atoms with van der Waals surface area (Å²) in [5, 5.41) is 10.1. The molecule has 0 aliphatic heterocycles. The van der Waals surface area contributed by atoms with E-state index in [1.807, 2.05) is 0 Å². The minimum Gasteiger partial charge on any atom is -0.388 e. The van der Waals surface area contributed by atoms with E-state index in [0.717, 1.165) is 25.7 Å². The van der Waals surface area contributed by atoms with Gasteiger partial charge in [-0.3, -0.25) is 5.43 Å². The van der Waals surface area contributed by atoms with Gasteiger partial charge in [0.2, 0.25) is 5.96 Å². The number of nitrogens with one attached hydrogen (secondary N) is 1. The molecule has 0 aromatic carbocycles. The summed E-state index contributed by atoms with van der Waals surface area (Å²) in [7, 11) is 0. The van der Waals surface area contributed by atoms with Gasteiger partial charge in [-0.25, -0.2) is 10.8 Å². The zero-order valence-electron chi connectivity index (χ0n) is 8.66. The van der Waals surface area contributed by atoms with Gasteiger partial charge in [0.05, 0.1) is 12.1 Å². The molecule has 6 N–H and O–H groups in total. The monoisotopic (exact) mass is 200 g/mol. The molecule has 0 atom stereocenters. The average Bonchev–Trinajstić information content (AvgIpc) is 2.20. The van der Waals surface area contributed by atoms with Gasteiger partial charge < -0.3 is 10.8 Å². The second-order valence-electron chi connectivity index (χ2n) is 4.25. The van der Waals surface area contributed by atoms with Crippen molar-refractivity contribution in [3.63, 3.8) is 0 Å². The summed E-state index contributed by atoms with van der Waals surface area (Å²) in [6.07, 6.45) is 3.72. The van der Waals surface area contributed by atoms with E-state index in [2.05, 4.69) is 17.3 Å². The molecular formula is C9H20N4O. The van der Waals surface area contributed by atoms with Crippen LogP contribution in [0.3, 0.4) is 0 Å². The summed E-state index contributed by atoms with van der Waals surface area (Å²) < 4.78 is 0. The van der Waals surface area contributed by atoms with Crippen LogP contribution in [0, 0.1) is 5.92 Å². The number of nitrogens with two attached hydrogens (primary N) is 2. The first-order valence-electron chi connectivity index (χ1n) is 5.05. The van der Waals surface area contributed by atoms with Crippen molar-refractivity contribution < 1.29 is 5.11 Å². The first-order valence-corrected chi connectivity index (χ1v) is 5.05. The topological polar surface area (TPSA) is 96.7 Å². The summed E-state index contributed by atoms with van der Waals surface area (Å²) in [6.45, 7) is 2.55. The number of guanidine groups is 1. The van der Waals surface area contributed by atoms with Crippen LogP contribution in [0.1, 0.15) is 32.6 Å². The molecule has 5 nitrogen and oxygen atoms in total. The van der Waals surface area contributed by atoms with Gasteiger partial charge in [0.1, 0.15) is 0 Å². The van der Waals surface area contributed by atoms with E-state index in [1.54, 1.807) is 0 Å². The van der Waals surface area contributed by atoms with Gasteiger partial charge in [0.15, 0.2) is 0 Å². The summed E-state index contributed by atoms with van der Waals surface area (Å²) in [5.41, 5.74) is 6.95. The Labute approximate surface area is 84.5 Å². The first-order chi connectivity index (χ1) is 6.56. The Balaban J connectivity index is 2.43. The van der Waals surface area contributed by atoms with E-state index in [1.165, 1.54) is 0 Å². The fourth-order valence-corrected chi connectivity index (χ4v) is 1.74. The van der Waals surface area contributed by atoms with Gasteiger partial charge >= 0.3 is 0 Å². The Kier molecular flexibility index (Phi) is 3.71. The van der Waals surface area contributed by atoms with Crippen LogP contribution in [0.15, 0.2) is 4.99 Å². The van der Waals surface area contributed by atoms with Crippen molar-refractivity contribution in [1.82, 2.24) is 5.43 Å². The van der Waals surface area contributed by atoms with Gasteiger partial charge in [-0.05, 0) is 31.6 Å². The maximum absolute atomic E-state index is 10.1. The number of aliphatic hydroxyl groups is 1. The predicted molar refractivity (Wildman–Crippen MR) is 56.4 cm³/mol. The molecule has 0 radical (unpaired) electrons. The van der Waals surface area contributed by atoms with E-state index in [9.17, 15) is 5.11 Å². The van der Waals surface area contributed by atoms with Gasteiger partial charge in [-0.1, -0.05) is 6.92 Å². The number of hydrogen-bond donors (Lipinski definition) is 4. The average molecular weight is 200 g/mol. The van der Waals surface area contributed by atoms with Gasteiger partial charge in [0.25, 0.3) is 0 Å². The molecule has 0 heterocycles. The zero-order valence-corrected chi connectivity index (χ0v) is 8.66. The second-order valence-corrected chi connectivity index (χ2v) is 4.25. The Morgan fingerprint density at radius 1 is 1.57 bits per heavy atom. The largest absolute Gasteiger partial charge is 0.388 e. The minimum absolute atomic E-state index is 0.178. The Hall–Kier alpha value is -0.810. The van der Waals surface area contributed by atoms with Crippen molar-refractivity contribution in [3.05, 3.63) is 0 Å². The van der Waals surface area contributed by atoms with Crippen LogP contribution < -0.4 is 17.0 Å². The molecule has 0 amide bonds. The standard InChI is InChI=1S/C9H20N4O/c1-7-2-4-9(14,5-3-7)6-12-8(10)13-11/h7,14H,2-6,11H2,1H3,(H3,10,12,13). The van der Waals surface area contributed by atoms with Crippen LogP contribution in [0.2, 0.25) is 0 Å². The molecule has 1 aliphatic carbocycles. The molecule has 0 aromatic heterocycles. The van der Waals surface area contributed by atoms with Crippen LogP contribution >= 0.6 is 0 Å². The Bertz CT molecular complexity index is 209. The molecule has 14 heavy (non-hydrogen) atoms. The Morgan fingerprint density at radius 2 is 2.14 bits per heavy atom. The van der Waals surface area contributed by atoms with E-state index < -0.39 is 5.60 Å². The molecule has 1 saturated carbocycles. The SMILES string of the molecule is CC1CCC(O)(CN=C(N)NN)CC1. The highest BCUT2D eigenvalue weighted by atomic mass is 16.3. The third-order valence-electron chi connectivity index (χ3n) is 2.90. The number of hydrogen-bond acceptors (Lipinski definition) is 3. The molecule has 5 heteroatoms. The fraction of sp³-hybridized carbons (Fsp3) is 0.889. The first kappa shape index (κ1) is 11.3. The van der Waals surface area contributed by atoms with Crippen LogP contribution in [-0.4, -0.2) is 23.2 Å². The van der Waals surface area contributed by atoms with Crippen LogP contribution in [0.4, 0.5) is 0 Å². The normalized spacial score (nSPS) is 34.2. The molecule has 0 spiro atoms. The number of rotatable bonds is 2. The van der Waals surface area contributed by atoms with Crippen molar-refractivity contribution in [3.8, 4) is 0 Å². The van der Waals surface area contributed by atoms with E-state index in [-0.39, 0.29) is 5.96 Å². The van der Waals surface area contributed by atoms with Gasteiger partial charge in [-0.2, -0.15) is 0 Å². The van der Waals surface area contributed by atoms with E-state index in [4.69, 9.17) is 11.6 Å². The molecule has 0 unspecified atom stereocenters. The number of aliphatic imine (C=N–C) groups is 1. The molecule has 1 aliphatic rings. The van der Waals surface area contributed by atoms with Crippen LogP contribution in [0.25, 0.3) is 0 Å². The molecule has 82 valence electrons. The van der Waals surface area contributed by atoms with Crippen molar-refractivity contribution in [2.24, 2.45) is 22.5 Å². The highest BCUT2D eigenvalue weighted by Gasteiger charge is 2.31. The van der Waals surface area contributed by atoms with E-state index in [0.29, 0.717) is 12.5 Å². The quantitative estimate of drug-likeness (QED) is 0.213. The lowest BCUT2D eigenvalue weighted by molar-refractivity contribution is 0.00168. The summed E-state index contributed by atoms with van der Waals surface area (Å²) in [5.74, 6) is 5.96. The van der Waals surface area contributed by atoms with E-state index >= 15 is 0 Å². The predicted octanol–water partition coefficient (Wildman–Crippen LogP) is -0.294. The third kappa shape index (κ3) is 3.16. The lowest BCUT2D eigenvalue weighted by atomic mass is 9.80. The van der Waals surface area contributed by atoms with Crippen molar-refractivity contribution in [2.75, 3.05) is 6.54 Å². The summed E-state index contributed by atoms with van der Waals surface area (Å²) >= 11 is 0. The van der Waals surface area contributed by atoms with Crippen LogP contribution in [0.5, 0.6) is 0 Å². The smallest absolute Gasteiger partial charge is 0.203 e. The number of nitrogens with zero attached hydrogens (tertiary/aromatic N) is 1. The van der Waals surface area contributed by atoms with Crippen molar-refractivity contribution in [2.45, 2.75) is 38.2 Å². The maximum atomic E-state index is 10.1. The highest BCUT2D eigenvalue weighted by Crippen LogP contribution is 2.31. The molecular weight excluding hydrogens is 180 g/mol. The molecule has 1 fully saturated rings. The third-order valence-corrected chi connectivity index (χ3v) is 2.90.